The minimum Gasteiger partial charge on any atom is -0.340 e. The normalized spacial score (nSPS) is 12.5. The number of nitrogens with one attached hydrogen (secondary N) is 2. The van der Waals surface area contributed by atoms with Gasteiger partial charge in [-0.25, -0.2) is 13.4 Å². The fourth-order valence-corrected chi connectivity index (χ4v) is 5.28. The van der Waals surface area contributed by atoms with Gasteiger partial charge in [-0.3, -0.25) is 0 Å². The Morgan fingerprint density at radius 1 is 0.879 bits per heavy atom. The number of rotatable bonds is 6. The van der Waals surface area contributed by atoms with Crippen LogP contribution in [-0.4, -0.2) is 24.1 Å². The summed E-state index contributed by atoms with van der Waals surface area (Å²) in [4.78, 5) is 9.33. The van der Waals surface area contributed by atoms with Crippen LogP contribution in [0.15, 0.2) is 59.6 Å². The Labute approximate surface area is 197 Å². The van der Waals surface area contributed by atoms with Gasteiger partial charge in [-0.05, 0) is 53.6 Å². The molecule has 3 aromatic rings. The molecule has 2 aromatic carbocycles. The number of sulfone groups is 1. The van der Waals surface area contributed by atoms with E-state index in [1.54, 1.807) is 24.4 Å². The monoisotopic (exact) mass is 466 g/mol. The zero-order valence-electron chi connectivity index (χ0n) is 20.5. The van der Waals surface area contributed by atoms with E-state index < -0.39 is 9.84 Å². The first-order valence-corrected chi connectivity index (χ1v) is 12.7. The lowest BCUT2D eigenvalue weighted by Gasteiger charge is -2.20. The van der Waals surface area contributed by atoms with E-state index in [0.717, 1.165) is 11.3 Å². The predicted molar refractivity (Wildman–Crippen MR) is 136 cm³/mol. The number of hydrogen-bond acceptors (Lipinski definition) is 6. The highest BCUT2D eigenvalue weighted by atomic mass is 32.2. The molecule has 7 heteroatoms. The molecule has 0 saturated carbocycles. The molecule has 0 aliphatic carbocycles. The van der Waals surface area contributed by atoms with Crippen molar-refractivity contribution in [2.24, 2.45) is 5.41 Å². The van der Waals surface area contributed by atoms with Gasteiger partial charge >= 0.3 is 0 Å². The summed E-state index contributed by atoms with van der Waals surface area (Å²) in [6, 6.07) is 15.1. The molecule has 0 saturated heterocycles. The van der Waals surface area contributed by atoms with E-state index in [0.29, 0.717) is 22.3 Å². The third-order valence-corrected chi connectivity index (χ3v) is 7.25. The molecule has 0 amide bonds. The number of hydrogen-bond donors (Lipinski definition) is 2. The topological polar surface area (TPSA) is 84.0 Å². The summed E-state index contributed by atoms with van der Waals surface area (Å²) in [5.41, 5.74) is 3.35. The second kappa shape index (κ2) is 9.14. The summed E-state index contributed by atoms with van der Waals surface area (Å²) >= 11 is 0. The third kappa shape index (κ3) is 6.78. The SMILES string of the molecule is Cc1cnc(Nc2cccc(C(C)(C)C)c2)nc1Nc1cccc(S(=O)(=O)CC(C)(C)C)c1. The van der Waals surface area contributed by atoms with Gasteiger partial charge in [0.25, 0.3) is 0 Å². The first-order valence-electron chi connectivity index (χ1n) is 11.0. The largest absolute Gasteiger partial charge is 0.340 e. The van der Waals surface area contributed by atoms with Crippen LogP contribution in [0.2, 0.25) is 0 Å². The Kier molecular flexibility index (Phi) is 6.84. The molecule has 176 valence electrons. The first-order chi connectivity index (χ1) is 15.2. The predicted octanol–water partition coefficient (Wildman–Crippen LogP) is 6.39. The Hall–Kier alpha value is -2.93. The second-order valence-electron chi connectivity index (χ2n) is 10.7. The summed E-state index contributed by atoms with van der Waals surface area (Å²) in [6.07, 6.45) is 1.74. The molecule has 0 aliphatic heterocycles. The summed E-state index contributed by atoms with van der Waals surface area (Å²) in [5, 5.41) is 6.53. The van der Waals surface area contributed by atoms with Crippen LogP contribution in [-0.2, 0) is 15.3 Å². The number of anilines is 4. The van der Waals surface area contributed by atoms with Crippen LogP contribution in [0.5, 0.6) is 0 Å². The molecule has 0 atom stereocenters. The van der Waals surface area contributed by atoms with Crippen molar-refractivity contribution in [3.8, 4) is 0 Å². The molecule has 1 aromatic heterocycles. The summed E-state index contributed by atoms with van der Waals surface area (Å²) in [5.74, 6) is 1.16. The molecule has 33 heavy (non-hydrogen) atoms. The third-order valence-electron chi connectivity index (χ3n) is 5.04. The van der Waals surface area contributed by atoms with Crippen LogP contribution in [0.25, 0.3) is 0 Å². The van der Waals surface area contributed by atoms with Crippen molar-refractivity contribution in [2.45, 2.75) is 58.8 Å². The molecule has 3 rings (SSSR count). The molecule has 2 N–H and O–H groups in total. The molecule has 0 spiro atoms. The Morgan fingerprint density at radius 3 is 2.15 bits per heavy atom. The minimum atomic E-state index is -3.39. The van der Waals surface area contributed by atoms with Crippen molar-refractivity contribution in [2.75, 3.05) is 16.4 Å². The lowest BCUT2D eigenvalue weighted by molar-refractivity contribution is 0.462. The van der Waals surface area contributed by atoms with E-state index in [1.165, 1.54) is 5.56 Å². The minimum absolute atomic E-state index is 0.0386. The van der Waals surface area contributed by atoms with Gasteiger partial charge in [0, 0.05) is 23.1 Å². The Balaban J connectivity index is 1.84. The smallest absolute Gasteiger partial charge is 0.229 e. The second-order valence-corrected chi connectivity index (χ2v) is 12.6. The van der Waals surface area contributed by atoms with Gasteiger partial charge in [-0.2, -0.15) is 4.98 Å². The zero-order chi connectivity index (χ0) is 24.4. The number of aryl methyl sites for hydroxylation is 1. The molecule has 0 aliphatic rings. The van der Waals surface area contributed by atoms with E-state index in [1.807, 2.05) is 45.9 Å². The van der Waals surface area contributed by atoms with Crippen LogP contribution >= 0.6 is 0 Å². The molecule has 0 unspecified atom stereocenters. The van der Waals surface area contributed by atoms with Crippen molar-refractivity contribution in [3.63, 3.8) is 0 Å². The van der Waals surface area contributed by atoms with Crippen LogP contribution in [0, 0.1) is 12.3 Å². The van der Waals surface area contributed by atoms with Crippen molar-refractivity contribution in [1.29, 1.82) is 0 Å². The molecular weight excluding hydrogens is 432 g/mol. The fraction of sp³-hybridized carbons (Fsp3) is 0.385. The summed E-state index contributed by atoms with van der Waals surface area (Å²) in [7, 11) is -3.39. The Morgan fingerprint density at radius 2 is 1.52 bits per heavy atom. The standard InChI is InChI=1S/C26H34N4O2S/c1-18-16-27-24(29-20-11-8-10-19(14-20)26(5,6)7)30-23(18)28-21-12-9-13-22(15-21)33(31,32)17-25(2,3)4/h8-16H,17H2,1-7H3,(H2,27,28,29,30). The van der Waals surface area contributed by atoms with Crippen LogP contribution in [0.4, 0.5) is 23.1 Å². The van der Waals surface area contributed by atoms with Gasteiger partial charge in [0.1, 0.15) is 5.82 Å². The Bertz CT molecular complexity index is 1240. The van der Waals surface area contributed by atoms with Gasteiger partial charge in [0.15, 0.2) is 9.84 Å². The average molecular weight is 467 g/mol. The maximum atomic E-state index is 12.8. The number of aromatic nitrogens is 2. The van der Waals surface area contributed by atoms with Crippen LogP contribution < -0.4 is 10.6 Å². The van der Waals surface area contributed by atoms with E-state index in [2.05, 4.69) is 53.5 Å². The van der Waals surface area contributed by atoms with Crippen molar-refractivity contribution >= 4 is 33.0 Å². The summed E-state index contributed by atoms with van der Waals surface area (Å²) < 4.78 is 25.6. The highest BCUT2D eigenvalue weighted by Crippen LogP contribution is 2.28. The quantitative estimate of drug-likeness (QED) is 0.438. The van der Waals surface area contributed by atoms with E-state index >= 15 is 0 Å². The van der Waals surface area contributed by atoms with Gasteiger partial charge < -0.3 is 10.6 Å². The van der Waals surface area contributed by atoms with Crippen molar-refractivity contribution in [1.82, 2.24) is 9.97 Å². The molecular formula is C26H34N4O2S. The molecule has 1 heterocycles. The number of nitrogens with zero attached hydrogens (tertiary/aromatic N) is 2. The van der Waals surface area contributed by atoms with E-state index in [-0.39, 0.29) is 16.6 Å². The molecule has 0 fully saturated rings. The van der Waals surface area contributed by atoms with E-state index in [9.17, 15) is 8.42 Å². The van der Waals surface area contributed by atoms with Gasteiger partial charge in [0.2, 0.25) is 5.95 Å². The van der Waals surface area contributed by atoms with E-state index in [4.69, 9.17) is 0 Å². The van der Waals surface area contributed by atoms with Gasteiger partial charge in [-0.15, -0.1) is 0 Å². The van der Waals surface area contributed by atoms with Gasteiger partial charge in [0.05, 0.1) is 10.6 Å². The first kappa shape index (κ1) is 24.7. The molecule has 0 radical (unpaired) electrons. The lowest BCUT2D eigenvalue weighted by Crippen LogP contribution is -2.20. The van der Waals surface area contributed by atoms with Crippen LogP contribution in [0.3, 0.4) is 0 Å². The number of benzene rings is 2. The maximum Gasteiger partial charge on any atom is 0.229 e. The average Bonchev–Trinajstić information content (AvgIpc) is 2.69. The van der Waals surface area contributed by atoms with Crippen LogP contribution in [0.1, 0.15) is 52.7 Å². The highest BCUT2D eigenvalue weighted by Gasteiger charge is 2.23. The molecule has 0 bridgehead atoms. The molecule has 6 nitrogen and oxygen atoms in total. The fourth-order valence-electron chi connectivity index (χ4n) is 3.38. The van der Waals surface area contributed by atoms with Crippen molar-refractivity contribution in [3.05, 3.63) is 65.9 Å². The highest BCUT2D eigenvalue weighted by molar-refractivity contribution is 7.91. The van der Waals surface area contributed by atoms with Gasteiger partial charge in [-0.1, -0.05) is 59.7 Å². The summed E-state index contributed by atoms with van der Waals surface area (Å²) in [6.45, 7) is 14.2. The van der Waals surface area contributed by atoms with Crippen molar-refractivity contribution < 1.29 is 8.42 Å². The lowest BCUT2D eigenvalue weighted by atomic mass is 9.87. The maximum absolute atomic E-state index is 12.8. The zero-order valence-corrected chi connectivity index (χ0v) is 21.3.